The first-order valence-electron chi connectivity index (χ1n) is 6.26. The quantitative estimate of drug-likeness (QED) is 0.904. The summed E-state index contributed by atoms with van der Waals surface area (Å²) < 4.78 is 0.983. The summed E-state index contributed by atoms with van der Waals surface area (Å²) in [6.45, 7) is 6.23. The maximum absolute atomic E-state index is 11.7. The zero-order valence-corrected chi connectivity index (χ0v) is 13.1. The minimum atomic E-state index is -0.0313. The number of halogens is 1. The molecule has 5 heteroatoms. The van der Waals surface area contributed by atoms with Crippen LogP contribution < -0.4 is 10.2 Å². The lowest BCUT2D eigenvalue weighted by atomic mass is 10.2. The zero-order chi connectivity index (χ0) is 14.4. The molecule has 0 spiro atoms. The Kier molecular flexibility index (Phi) is 6.02. The smallest absolute Gasteiger partial charge is 0.223 e. The van der Waals surface area contributed by atoms with E-state index in [1.807, 2.05) is 25.1 Å². The van der Waals surface area contributed by atoms with Crippen molar-refractivity contribution in [3.8, 4) is 0 Å². The predicted molar refractivity (Wildman–Crippen MR) is 80.2 cm³/mol. The van der Waals surface area contributed by atoms with Crippen molar-refractivity contribution in [1.82, 2.24) is 5.32 Å². The van der Waals surface area contributed by atoms with E-state index >= 15 is 0 Å². The van der Waals surface area contributed by atoms with Crippen molar-refractivity contribution >= 4 is 33.4 Å². The summed E-state index contributed by atoms with van der Waals surface area (Å²) >= 11 is 3.40. The summed E-state index contributed by atoms with van der Waals surface area (Å²) in [5.41, 5.74) is 1.90. The van der Waals surface area contributed by atoms with Gasteiger partial charge in [-0.1, -0.05) is 22.9 Å². The van der Waals surface area contributed by atoms with E-state index in [0.717, 1.165) is 15.7 Å². The largest absolute Gasteiger partial charge is 0.354 e. The van der Waals surface area contributed by atoms with Gasteiger partial charge in [-0.05, 0) is 30.7 Å². The van der Waals surface area contributed by atoms with Gasteiger partial charge in [0.25, 0.3) is 0 Å². The average molecular weight is 327 g/mol. The molecule has 1 rings (SSSR count). The fraction of sp³-hybridized carbons (Fsp3) is 0.429. The second-order valence-electron chi connectivity index (χ2n) is 4.30. The van der Waals surface area contributed by atoms with Gasteiger partial charge in [-0.25, -0.2) is 0 Å². The highest BCUT2D eigenvalue weighted by molar-refractivity contribution is 9.10. The first kappa shape index (κ1) is 15.7. The van der Waals surface area contributed by atoms with Gasteiger partial charge in [0.1, 0.15) is 0 Å². The molecule has 104 valence electrons. The Morgan fingerprint density at radius 2 is 2.05 bits per heavy atom. The average Bonchev–Trinajstić information content (AvgIpc) is 2.35. The maximum Gasteiger partial charge on any atom is 0.223 e. The molecule has 1 aromatic rings. The van der Waals surface area contributed by atoms with Gasteiger partial charge < -0.3 is 10.2 Å². The fourth-order valence-electron chi connectivity index (χ4n) is 1.80. The number of anilines is 1. The molecule has 2 amide bonds. The molecule has 0 fully saturated rings. The van der Waals surface area contributed by atoms with Crippen LogP contribution in [0.5, 0.6) is 0 Å². The van der Waals surface area contributed by atoms with Crippen molar-refractivity contribution in [2.24, 2.45) is 0 Å². The maximum atomic E-state index is 11.7. The van der Waals surface area contributed by atoms with Gasteiger partial charge in [0.05, 0.1) is 0 Å². The summed E-state index contributed by atoms with van der Waals surface area (Å²) in [5.74, 6) is -0.0350. The van der Waals surface area contributed by atoms with Crippen LogP contribution in [0.2, 0.25) is 0 Å². The summed E-state index contributed by atoms with van der Waals surface area (Å²) in [7, 11) is 0. The molecule has 0 aliphatic heterocycles. The van der Waals surface area contributed by atoms with Crippen LogP contribution >= 0.6 is 15.9 Å². The second-order valence-corrected chi connectivity index (χ2v) is 5.22. The number of nitrogens with zero attached hydrogens (tertiary/aromatic N) is 1. The third-order valence-corrected chi connectivity index (χ3v) is 3.30. The van der Waals surface area contributed by atoms with Gasteiger partial charge in [-0.15, -0.1) is 0 Å². The van der Waals surface area contributed by atoms with Gasteiger partial charge >= 0.3 is 0 Å². The van der Waals surface area contributed by atoms with Crippen molar-refractivity contribution < 1.29 is 9.59 Å². The standard InChI is InChI=1S/C14H19BrN2O2/c1-4-14(19)16-7-8-17(11(3)18)13-6-5-12(15)9-10(13)2/h5-6,9H,4,7-8H2,1-3H3,(H,16,19). The van der Waals surface area contributed by atoms with Crippen molar-refractivity contribution in [2.45, 2.75) is 27.2 Å². The minimum absolute atomic E-state index is 0.00368. The molecule has 0 atom stereocenters. The fourth-order valence-corrected chi connectivity index (χ4v) is 2.28. The van der Waals surface area contributed by atoms with E-state index in [9.17, 15) is 9.59 Å². The minimum Gasteiger partial charge on any atom is -0.354 e. The van der Waals surface area contributed by atoms with Crippen LogP contribution in [0.3, 0.4) is 0 Å². The molecule has 1 N–H and O–H groups in total. The number of carbonyl (C=O) groups is 2. The number of carbonyl (C=O) groups excluding carboxylic acids is 2. The van der Waals surface area contributed by atoms with E-state index in [0.29, 0.717) is 19.5 Å². The van der Waals surface area contributed by atoms with Crippen molar-refractivity contribution in [3.63, 3.8) is 0 Å². The number of hydrogen-bond donors (Lipinski definition) is 1. The highest BCUT2D eigenvalue weighted by Crippen LogP contribution is 2.23. The molecule has 1 aromatic carbocycles. The van der Waals surface area contributed by atoms with Crippen LogP contribution in [-0.2, 0) is 9.59 Å². The van der Waals surface area contributed by atoms with E-state index in [4.69, 9.17) is 0 Å². The number of benzene rings is 1. The third-order valence-electron chi connectivity index (χ3n) is 2.81. The lowest BCUT2D eigenvalue weighted by Crippen LogP contribution is -2.37. The summed E-state index contributed by atoms with van der Waals surface area (Å²) in [4.78, 5) is 24.6. The van der Waals surface area contributed by atoms with Crippen molar-refractivity contribution in [1.29, 1.82) is 0 Å². The summed E-state index contributed by atoms with van der Waals surface area (Å²) in [6.07, 6.45) is 0.456. The Morgan fingerprint density at radius 1 is 1.37 bits per heavy atom. The van der Waals surface area contributed by atoms with Crippen LogP contribution in [0.1, 0.15) is 25.8 Å². The SMILES string of the molecule is CCC(=O)NCCN(C(C)=O)c1ccc(Br)cc1C. The lowest BCUT2D eigenvalue weighted by molar-refractivity contribution is -0.121. The first-order chi connectivity index (χ1) is 8.95. The Labute approximate surface area is 122 Å². The molecule has 0 aromatic heterocycles. The Morgan fingerprint density at radius 3 is 2.58 bits per heavy atom. The molecule has 19 heavy (non-hydrogen) atoms. The molecular weight excluding hydrogens is 308 g/mol. The van der Waals surface area contributed by atoms with Crippen LogP contribution in [0.25, 0.3) is 0 Å². The molecule has 0 saturated carbocycles. The Balaban J connectivity index is 2.77. The van der Waals surface area contributed by atoms with Gasteiger partial charge in [-0.3, -0.25) is 9.59 Å². The van der Waals surface area contributed by atoms with Crippen molar-refractivity contribution in [2.75, 3.05) is 18.0 Å². The summed E-state index contributed by atoms with van der Waals surface area (Å²) in [6, 6.07) is 5.78. The molecule has 0 saturated heterocycles. The van der Waals surface area contributed by atoms with Crippen molar-refractivity contribution in [3.05, 3.63) is 28.2 Å². The highest BCUT2D eigenvalue weighted by atomic mass is 79.9. The van der Waals surface area contributed by atoms with E-state index < -0.39 is 0 Å². The van der Waals surface area contributed by atoms with Gasteiger partial charge in [-0.2, -0.15) is 0 Å². The normalized spacial score (nSPS) is 10.1. The number of hydrogen-bond acceptors (Lipinski definition) is 2. The number of nitrogens with one attached hydrogen (secondary N) is 1. The molecular formula is C14H19BrN2O2. The second kappa shape index (κ2) is 7.28. The molecule has 0 aliphatic carbocycles. The molecule has 0 unspecified atom stereocenters. The van der Waals surface area contributed by atoms with Crippen LogP contribution in [-0.4, -0.2) is 24.9 Å². The van der Waals surface area contributed by atoms with E-state index in [2.05, 4.69) is 21.2 Å². The van der Waals surface area contributed by atoms with E-state index in [1.54, 1.807) is 11.8 Å². The highest BCUT2D eigenvalue weighted by Gasteiger charge is 2.13. The third kappa shape index (κ3) is 4.67. The number of amides is 2. The molecule has 0 aliphatic rings. The Bertz CT molecular complexity index is 475. The predicted octanol–water partition coefficient (Wildman–Crippen LogP) is 2.64. The zero-order valence-electron chi connectivity index (χ0n) is 11.5. The molecule has 4 nitrogen and oxygen atoms in total. The molecule has 0 bridgehead atoms. The topological polar surface area (TPSA) is 49.4 Å². The Hall–Kier alpha value is -1.36. The number of rotatable bonds is 5. The summed E-state index contributed by atoms with van der Waals surface area (Å²) in [5, 5.41) is 2.78. The van der Waals surface area contributed by atoms with E-state index in [-0.39, 0.29) is 11.8 Å². The van der Waals surface area contributed by atoms with Gasteiger partial charge in [0.2, 0.25) is 11.8 Å². The van der Waals surface area contributed by atoms with Gasteiger partial charge in [0.15, 0.2) is 0 Å². The number of aryl methyl sites for hydroxylation is 1. The lowest BCUT2D eigenvalue weighted by Gasteiger charge is -2.23. The van der Waals surface area contributed by atoms with Crippen LogP contribution in [0.4, 0.5) is 5.69 Å². The van der Waals surface area contributed by atoms with Gasteiger partial charge in [0, 0.05) is 36.6 Å². The first-order valence-corrected chi connectivity index (χ1v) is 7.06. The molecule has 0 radical (unpaired) electrons. The van der Waals surface area contributed by atoms with E-state index in [1.165, 1.54) is 6.92 Å². The van der Waals surface area contributed by atoms with Crippen LogP contribution in [0.15, 0.2) is 22.7 Å². The monoisotopic (exact) mass is 326 g/mol. The van der Waals surface area contributed by atoms with Crippen LogP contribution in [0, 0.1) is 6.92 Å². The molecule has 0 heterocycles.